The second-order valence-electron chi connectivity index (χ2n) is 6.23. The van der Waals surface area contributed by atoms with Crippen molar-refractivity contribution in [3.05, 3.63) is 35.9 Å². The van der Waals surface area contributed by atoms with Crippen LogP contribution in [0.15, 0.2) is 30.3 Å². The summed E-state index contributed by atoms with van der Waals surface area (Å²) in [4.78, 5) is 14.8. The molecule has 0 aromatic heterocycles. The fourth-order valence-electron chi connectivity index (χ4n) is 3.71. The third kappa shape index (κ3) is 3.32. The van der Waals surface area contributed by atoms with Crippen LogP contribution in [-0.2, 0) is 9.53 Å². The third-order valence-electron chi connectivity index (χ3n) is 5.01. The molecule has 2 aliphatic rings. The van der Waals surface area contributed by atoms with E-state index >= 15 is 0 Å². The minimum absolute atomic E-state index is 0. The van der Waals surface area contributed by atoms with E-state index in [2.05, 4.69) is 11.9 Å². The first kappa shape index (κ1) is 16.9. The first-order valence-electron chi connectivity index (χ1n) is 7.77. The van der Waals surface area contributed by atoms with Gasteiger partial charge in [0.05, 0.1) is 6.61 Å². The van der Waals surface area contributed by atoms with Crippen LogP contribution in [-0.4, -0.2) is 53.3 Å². The van der Waals surface area contributed by atoms with Crippen LogP contribution in [0.5, 0.6) is 0 Å². The molecule has 122 valence electrons. The summed E-state index contributed by atoms with van der Waals surface area (Å²) in [5.41, 5.74) is 0.820. The molecular formula is C17H25NO4. The average Bonchev–Trinajstić information content (AvgIpc) is 2.72. The number of carbonyl (C=O) groups is 1. The van der Waals surface area contributed by atoms with Gasteiger partial charge in [0.25, 0.3) is 0 Å². The highest BCUT2D eigenvalue weighted by Crippen LogP contribution is 2.36. The molecule has 5 nitrogen and oxygen atoms in total. The van der Waals surface area contributed by atoms with Gasteiger partial charge in [0.15, 0.2) is 0 Å². The van der Waals surface area contributed by atoms with Crippen molar-refractivity contribution in [2.75, 3.05) is 13.7 Å². The highest BCUT2D eigenvalue weighted by atomic mass is 16.5. The molecule has 2 bridgehead atoms. The van der Waals surface area contributed by atoms with Gasteiger partial charge in [-0.05, 0) is 38.3 Å². The molecule has 0 radical (unpaired) electrons. The molecule has 2 aliphatic heterocycles. The van der Waals surface area contributed by atoms with Gasteiger partial charge in [-0.3, -0.25) is 4.79 Å². The van der Waals surface area contributed by atoms with E-state index in [9.17, 15) is 9.90 Å². The summed E-state index contributed by atoms with van der Waals surface area (Å²) in [6, 6.07) is 10.5. The lowest BCUT2D eigenvalue weighted by atomic mass is 9.98. The predicted octanol–water partition coefficient (Wildman–Crippen LogP) is 1.11. The van der Waals surface area contributed by atoms with Crippen LogP contribution in [0.4, 0.5) is 0 Å². The number of ether oxygens (including phenoxy) is 1. The number of piperidine rings is 1. The van der Waals surface area contributed by atoms with Gasteiger partial charge in [0.1, 0.15) is 12.0 Å². The molecule has 2 fully saturated rings. The molecule has 5 heteroatoms. The Bertz CT molecular complexity index is 479. The van der Waals surface area contributed by atoms with Crippen molar-refractivity contribution in [2.45, 2.75) is 49.8 Å². The number of nitrogens with zero attached hydrogens (tertiary/aromatic N) is 1. The normalized spacial score (nSPS) is 28.7. The summed E-state index contributed by atoms with van der Waals surface area (Å²) in [6.45, 7) is -0.206. The minimum atomic E-state index is -0.566. The molecule has 3 N–H and O–H groups in total. The Morgan fingerprint density at radius 2 is 1.86 bits per heavy atom. The Balaban J connectivity index is 0.00000176. The second kappa shape index (κ2) is 7.22. The first-order chi connectivity index (χ1) is 10.2. The zero-order valence-corrected chi connectivity index (χ0v) is 12.9. The molecule has 1 unspecified atom stereocenters. The molecule has 4 atom stereocenters. The van der Waals surface area contributed by atoms with Gasteiger partial charge < -0.3 is 20.2 Å². The van der Waals surface area contributed by atoms with Crippen LogP contribution in [0.2, 0.25) is 0 Å². The van der Waals surface area contributed by atoms with E-state index < -0.39 is 5.92 Å². The van der Waals surface area contributed by atoms with Gasteiger partial charge in [-0.2, -0.15) is 0 Å². The van der Waals surface area contributed by atoms with E-state index in [1.54, 1.807) is 0 Å². The smallest absolute Gasteiger partial charge is 0.316 e. The standard InChI is InChI=1S/C17H23NO3.H2O/c1-18-13-7-8-14(18)10-15(9-13)21-17(20)16(11-19)12-5-3-2-4-6-12;/h2-6,13-16,19H,7-11H2,1H3;1H2/t13-,14+,15+,16?;. The number of rotatable bonds is 4. The maximum absolute atomic E-state index is 12.4. The van der Waals surface area contributed by atoms with E-state index in [0.717, 1.165) is 18.4 Å². The molecule has 1 aromatic carbocycles. The van der Waals surface area contributed by atoms with E-state index in [4.69, 9.17) is 4.74 Å². The highest BCUT2D eigenvalue weighted by Gasteiger charge is 2.40. The van der Waals surface area contributed by atoms with Crippen LogP contribution >= 0.6 is 0 Å². The number of hydrogen-bond acceptors (Lipinski definition) is 4. The van der Waals surface area contributed by atoms with Crippen molar-refractivity contribution in [2.24, 2.45) is 0 Å². The number of aliphatic hydroxyl groups is 1. The fraction of sp³-hybridized carbons (Fsp3) is 0.588. The second-order valence-corrected chi connectivity index (χ2v) is 6.23. The number of esters is 1. The van der Waals surface area contributed by atoms with E-state index in [0.29, 0.717) is 12.1 Å². The van der Waals surface area contributed by atoms with Gasteiger partial charge >= 0.3 is 5.97 Å². The third-order valence-corrected chi connectivity index (χ3v) is 5.01. The predicted molar refractivity (Wildman–Crippen MR) is 83.6 cm³/mol. The highest BCUT2D eigenvalue weighted by molar-refractivity contribution is 5.78. The largest absolute Gasteiger partial charge is 0.462 e. The lowest BCUT2D eigenvalue weighted by molar-refractivity contribution is -0.155. The van der Waals surface area contributed by atoms with E-state index in [1.165, 1.54) is 12.8 Å². The minimum Gasteiger partial charge on any atom is -0.462 e. The maximum Gasteiger partial charge on any atom is 0.316 e. The van der Waals surface area contributed by atoms with Crippen LogP contribution in [0.3, 0.4) is 0 Å². The number of carbonyl (C=O) groups excluding carboxylic acids is 1. The van der Waals surface area contributed by atoms with Gasteiger partial charge in [-0.15, -0.1) is 0 Å². The summed E-state index contributed by atoms with van der Waals surface area (Å²) in [5.74, 6) is -0.860. The molecule has 22 heavy (non-hydrogen) atoms. The summed E-state index contributed by atoms with van der Waals surface area (Å²) in [5, 5.41) is 9.53. The average molecular weight is 307 g/mol. The Morgan fingerprint density at radius 1 is 1.27 bits per heavy atom. The molecule has 1 aromatic rings. The van der Waals surface area contributed by atoms with Crippen LogP contribution < -0.4 is 0 Å². The Kier molecular flexibility index (Phi) is 5.56. The van der Waals surface area contributed by atoms with Crippen molar-refractivity contribution in [1.29, 1.82) is 0 Å². The quantitative estimate of drug-likeness (QED) is 0.845. The van der Waals surface area contributed by atoms with Crippen molar-refractivity contribution in [1.82, 2.24) is 4.90 Å². The number of hydrogen-bond donors (Lipinski definition) is 1. The monoisotopic (exact) mass is 307 g/mol. The molecule has 3 rings (SSSR count). The maximum atomic E-state index is 12.4. The Hall–Kier alpha value is -1.43. The lowest BCUT2D eigenvalue weighted by Crippen LogP contribution is -2.43. The Morgan fingerprint density at radius 3 is 2.41 bits per heavy atom. The number of aliphatic hydroxyl groups excluding tert-OH is 1. The van der Waals surface area contributed by atoms with Gasteiger partial charge in [-0.25, -0.2) is 0 Å². The van der Waals surface area contributed by atoms with E-state index in [1.807, 2.05) is 30.3 Å². The van der Waals surface area contributed by atoms with E-state index in [-0.39, 0.29) is 24.2 Å². The van der Waals surface area contributed by atoms with Gasteiger partial charge in [0.2, 0.25) is 0 Å². The molecule has 0 aliphatic carbocycles. The summed E-state index contributed by atoms with van der Waals surface area (Å²) >= 11 is 0. The van der Waals surface area contributed by atoms with Crippen molar-refractivity contribution >= 4 is 5.97 Å². The number of benzene rings is 1. The van der Waals surface area contributed by atoms with Gasteiger partial charge in [-0.1, -0.05) is 30.3 Å². The lowest BCUT2D eigenvalue weighted by Gasteiger charge is -2.36. The molecule has 2 saturated heterocycles. The van der Waals surface area contributed by atoms with Crippen LogP contribution in [0.25, 0.3) is 0 Å². The summed E-state index contributed by atoms with van der Waals surface area (Å²) < 4.78 is 5.70. The summed E-state index contributed by atoms with van der Waals surface area (Å²) in [6.07, 6.45) is 4.26. The zero-order valence-electron chi connectivity index (χ0n) is 12.9. The molecule has 0 amide bonds. The molecule has 2 heterocycles. The first-order valence-corrected chi connectivity index (χ1v) is 7.77. The Labute approximate surface area is 131 Å². The van der Waals surface area contributed by atoms with Crippen LogP contribution in [0.1, 0.15) is 37.2 Å². The molecular weight excluding hydrogens is 282 g/mol. The van der Waals surface area contributed by atoms with Crippen LogP contribution in [0, 0.1) is 0 Å². The molecule has 0 spiro atoms. The SMILES string of the molecule is CN1[C@@H]2CC[C@H]1C[C@@H](OC(=O)C(CO)c1ccccc1)C2.O. The summed E-state index contributed by atoms with van der Waals surface area (Å²) in [7, 11) is 2.17. The zero-order chi connectivity index (χ0) is 14.8. The molecule has 0 saturated carbocycles. The fourth-order valence-corrected chi connectivity index (χ4v) is 3.71. The van der Waals surface area contributed by atoms with Gasteiger partial charge in [0, 0.05) is 12.1 Å². The van der Waals surface area contributed by atoms with Crippen molar-refractivity contribution in [3.63, 3.8) is 0 Å². The van der Waals surface area contributed by atoms with Crippen molar-refractivity contribution < 1.29 is 20.1 Å². The topological polar surface area (TPSA) is 81.3 Å². The van der Waals surface area contributed by atoms with Crippen molar-refractivity contribution in [3.8, 4) is 0 Å². The number of fused-ring (bicyclic) bond motifs is 2.